The van der Waals surface area contributed by atoms with E-state index >= 15 is 0 Å². The van der Waals surface area contributed by atoms with E-state index in [-0.39, 0.29) is 19.8 Å². The number of aliphatic hydroxyl groups is 1. The molecule has 35 heavy (non-hydrogen) atoms. The van der Waals surface area contributed by atoms with Crippen LogP contribution in [0.5, 0.6) is 11.5 Å². The van der Waals surface area contributed by atoms with Crippen molar-refractivity contribution >= 4 is 17.5 Å². The van der Waals surface area contributed by atoms with E-state index in [1.807, 2.05) is 12.1 Å². The molecule has 0 unspecified atom stereocenters. The van der Waals surface area contributed by atoms with Crippen molar-refractivity contribution in [2.75, 3.05) is 41.2 Å². The van der Waals surface area contributed by atoms with Crippen LogP contribution in [-0.4, -0.2) is 58.2 Å². The predicted octanol–water partition coefficient (Wildman–Crippen LogP) is 4.13. The van der Waals surface area contributed by atoms with E-state index in [0.29, 0.717) is 40.2 Å². The summed E-state index contributed by atoms with van der Waals surface area (Å²) in [5, 5.41) is 9.03. The molecule has 8 heteroatoms. The monoisotopic (exact) mass is 484 g/mol. The summed E-state index contributed by atoms with van der Waals surface area (Å²) in [5.74, 6) is 0.162. The van der Waals surface area contributed by atoms with Gasteiger partial charge in [0.05, 0.1) is 33.0 Å². The molecule has 0 bridgehead atoms. The summed E-state index contributed by atoms with van der Waals surface area (Å²) in [4.78, 5) is 24.0. The first-order chi connectivity index (χ1) is 16.8. The predicted molar refractivity (Wildman–Crippen MR) is 131 cm³/mol. The second-order valence-electron chi connectivity index (χ2n) is 7.54. The molecule has 2 rings (SSSR count). The zero-order chi connectivity index (χ0) is 25.8. The van der Waals surface area contributed by atoms with Crippen molar-refractivity contribution in [1.82, 2.24) is 0 Å². The molecule has 0 aliphatic rings. The first kappa shape index (κ1) is 27.6. The second-order valence-corrected chi connectivity index (χ2v) is 7.54. The van der Waals surface area contributed by atoms with Gasteiger partial charge in [-0.2, -0.15) is 0 Å². The number of hydrogen-bond acceptors (Lipinski definition) is 8. The van der Waals surface area contributed by atoms with Gasteiger partial charge in [0.25, 0.3) is 0 Å². The summed E-state index contributed by atoms with van der Waals surface area (Å²) in [7, 11) is 4.41. The van der Waals surface area contributed by atoms with Gasteiger partial charge in [-0.05, 0) is 47.0 Å². The molecule has 1 atom stereocenters. The molecule has 188 valence electrons. The highest BCUT2D eigenvalue weighted by atomic mass is 16.5. The van der Waals surface area contributed by atoms with Gasteiger partial charge in [0.2, 0.25) is 0 Å². The lowest BCUT2D eigenvalue weighted by Gasteiger charge is -2.19. The minimum Gasteiger partial charge on any atom is -0.496 e. The fourth-order valence-electron chi connectivity index (χ4n) is 3.51. The van der Waals surface area contributed by atoms with Crippen molar-refractivity contribution in [3.05, 3.63) is 77.4 Å². The molecule has 0 spiro atoms. The number of aliphatic hydroxyl groups excluding tert-OH is 1. The number of benzene rings is 2. The Labute approximate surface area is 205 Å². The van der Waals surface area contributed by atoms with Gasteiger partial charge < -0.3 is 28.8 Å². The normalized spacial score (nSPS) is 12.0. The van der Waals surface area contributed by atoms with Crippen molar-refractivity contribution in [3.63, 3.8) is 0 Å². The van der Waals surface area contributed by atoms with Crippen molar-refractivity contribution in [3.8, 4) is 11.5 Å². The van der Waals surface area contributed by atoms with Gasteiger partial charge in [-0.25, -0.2) is 4.79 Å². The molecule has 8 nitrogen and oxygen atoms in total. The number of methoxy groups -OCH3 is 3. The van der Waals surface area contributed by atoms with Crippen molar-refractivity contribution in [2.45, 2.75) is 19.4 Å². The first-order valence-corrected chi connectivity index (χ1v) is 11.0. The number of carbonyl (C=O) groups is 2. The fourth-order valence-corrected chi connectivity index (χ4v) is 3.51. The standard InChI is InChI=1S/C27H32O8/c1-18(17-31-3)23(24-16-21(27(30)33-5)9-11-26(24)32-4)10-12-25(35-19(2)29)20-7-6-8-22(15-20)34-14-13-28/h6-11,15-16,25,28H,1,12-14,17H2,2-5H3/b23-10-/t25-/m0/s1. The lowest BCUT2D eigenvalue weighted by molar-refractivity contribution is -0.146. The summed E-state index contributed by atoms with van der Waals surface area (Å²) in [6.45, 7) is 5.75. The van der Waals surface area contributed by atoms with Crippen molar-refractivity contribution < 1.29 is 38.4 Å². The summed E-state index contributed by atoms with van der Waals surface area (Å²) in [5.41, 5.74) is 3.02. The maximum Gasteiger partial charge on any atom is 0.337 e. The van der Waals surface area contributed by atoms with Gasteiger partial charge in [0, 0.05) is 26.0 Å². The highest BCUT2D eigenvalue weighted by molar-refractivity contribution is 5.92. The second kappa shape index (κ2) is 13.9. The van der Waals surface area contributed by atoms with E-state index in [1.54, 1.807) is 43.5 Å². The Balaban J connectivity index is 2.52. The lowest BCUT2D eigenvalue weighted by Crippen LogP contribution is -2.09. The van der Waals surface area contributed by atoms with Gasteiger partial charge in [0.15, 0.2) is 0 Å². The number of hydrogen-bond donors (Lipinski definition) is 1. The Bertz CT molecular complexity index is 1060. The third-order valence-electron chi connectivity index (χ3n) is 5.04. The van der Waals surface area contributed by atoms with Gasteiger partial charge >= 0.3 is 11.9 Å². The van der Waals surface area contributed by atoms with E-state index in [2.05, 4.69) is 6.58 Å². The number of esters is 2. The van der Waals surface area contributed by atoms with Crippen LogP contribution in [0.25, 0.3) is 5.57 Å². The molecule has 0 saturated heterocycles. The molecule has 0 fully saturated rings. The maximum atomic E-state index is 12.1. The Morgan fingerprint density at radius 2 is 1.89 bits per heavy atom. The Morgan fingerprint density at radius 3 is 2.51 bits per heavy atom. The van der Waals surface area contributed by atoms with E-state index < -0.39 is 18.0 Å². The molecule has 2 aromatic carbocycles. The molecule has 0 aliphatic heterocycles. The summed E-state index contributed by atoms with van der Waals surface area (Å²) < 4.78 is 26.8. The fraction of sp³-hybridized carbons (Fsp3) is 0.333. The van der Waals surface area contributed by atoms with Crippen LogP contribution >= 0.6 is 0 Å². The molecular weight excluding hydrogens is 452 g/mol. The van der Waals surface area contributed by atoms with E-state index in [0.717, 1.165) is 5.56 Å². The van der Waals surface area contributed by atoms with Crippen LogP contribution < -0.4 is 9.47 Å². The minimum absolute atomic E-state index is 0.113. The van der Waals surface area contributed by atoms with E-state index in [9.17, 15) is 9.59 Å². The SMILES string of the molecule is C=C(COC)/C(=C/C[C@H](OC(C)=O)c1cccc(OCCO)c1)c1cc(C(=O)OC)ccc1OC. The van der Waals surface area contributed by atoms with Crippen LogP contribution in [0.3, 0.4) is 0 Å². The Kier molecular flexibility index (Phi) is 11.0. The van der Waals surface area contributed by atoms with E-state index in [1.165, 1.54) is 21.1 Å². The third kappa shape index (κ3) is 7.98. The van der Waals surface area contributed by atoms with Crippen LogP contribution in [0.15, 0.2) is 60.7 Å². The maximum absolute atomic E-state index is 12.1. The van der Waals surface area contributed by atoms with Crippen molar-refractivity contribution in [2.24, 2.45) is 0 Å². The quantitative estimate of drug-likeness (QED) is 0.335. The number of ether oxygens (including phenoxy) is 5. The van der Waals surface area contributed by atoms with Crippen LogP contribution in [0.1, 0.15) is 40.9 Å². The molecule has 0 amide bonds. The Morgan fingerprint density at radius 1 is 1.11 bits per heavy atom. The molecule has 0 heterocycles. The highest BCUT2D eigenvalue weighted by Crippen LogP contribution is 2.34. The number of rotatable bonds is 13. The molecule has 0 radical (unpaired) electrons. The van der Waals surface area contributed by atoms with E-state index in [4.69, 9.17) is 28.8 Å². The van der Waals surface area contributed by atoms with Gasteiger partial charge in [0.1, 0.15) is 24.2 Å². The van der Waals surface area contributed by atoms with Gasteiger partial charge in [-0.15, -0.1) is 0 Å². The smallest absolute Gasteiger partial charge is 0.337 e. The first-order valence-electron chi connectivity index (χ1n) is 11.0. The van der Waals surface area contributed by atoms with Gasteiger partial charge in [-0.1, -0.05) is 24.8 Å². The largest absolute Gasteiger partial charge is 0.496 e. The summed E-state index contributed by atoms with van der Waals surface area (Å²) in [6, 6.07) is 12.1. The van der Waals surface area contributed by atoms with Crippen LogP contribution in [0.4, 0.5) is 0 Å². The molecule has 0 aromatic heterocycles. The Hall–Kier alpha value is -3.62. The van der Waals surface area contributed by atoms with Gasteiger partial charge in [-0.3, -0.25) is 4.79 Å². The summed E-state index contributed by atoms with van der Waals surface area (Å²) >= 11 is 0. The molecule has 0 aliphatic carbocycles. The molecule has 2 aromatic rings. The highest BCUT2D eigenvalue weighted by Gasteiger charge is 2.19. The topological polar surface area (TPSA) is 101 Å². The average molecular weight is 485 g/mol. The van der Waals surface area contributed by atoms with Crippen molar-refractivity contribution in [1.29, 1.82) is 0 Å². The molecule has 1 N–H and O–H groups in total. The lowest BCUT2D eigenvalue weighted by atomic mass is 9.94. The minimum atomic E-state index is -0.620. The zero-order valence-electron chi connectivity index (χ0n) is 20.5. The molecular formula is C27H32O8. The van der Waals surface area contributed by atoms with Crippen LogP contribution in [0, 0.1) is 0 Å². The third-order valence-corrected chi connectivity index (χ3v) is 5.04. The van der Waals surface area contributed by atoms with Crippen LogP contribution in [-0.2, 0) is 19.0 Å². The molecule has 0 saturated carbocycles. The van der Waals surface area contributed by atoms with Crippen LogP contribution in [0.2, 0.25) is 0 Å². The number of carbonyl (C=O) groups excluding carboxylic acids is 2. The summed E-state index contributed by atoms with van der Waals surface area (Å²) in [6.07, 6.45) is 1.55. The average Bonchev–Trinajstić information content (AvgIpc) is 2.86. The zero-order valence-corrected chi connectivity index (χ0v) is 20.5.